The minimum absolute atomic E-state index is 0.00593. The van der Waals surface area contributed by atoms with E-state index >= 15 is 0 Å². The minimum Gasteiger partial charge on any atom is -0.495 e. The Kier molecular flexibility index (Phi) is 6.66. The molecular weight excluding hydrogens is 420 g/mol. The number of sulfonamides is 1. The van der Waals surface area contributed by atoms with Crippen LogP contribution >= 0.6 is 0 Å². The van der Waals surface area contributed by atoms with Crippen molar-refractivity contribution in [1.82, 2.24) is 4.72 Å². The van der Waals surface area contributed by atoms with Gasteiger partial charge in [0.2, 0.25) is 10.0 Å². The lowest BCUT2D eigenvalue weighted by atomic mass is 10.2. The highest BCUT2D eigenvalue weighted by Crippen LogP contribution is 2.29. The van der Waals surface area contributed by atoms with Crippen LogP contribution < -0.4 is 14.4 Å². The molecule has 3 rings (SSSR count). The number of fused-ring (bicyclic) bond motifs is 1. The smallest absolute Gasteiger partial charge is 0.338 e. The van der Waals surface area contributed by atoms with Gasteiger partial charge in [-0.2, -0.15) is 0 Å². The molecule has 1 unspecified atom stereocenters. The van der Waals surface area contributed by atoms with E-state index in [2.05, 4.69) is 4.72 Å². The van der Waals surface area contributed by atoms with E-state index in [1.807, 2.05) is 24.3 Å². The van der Waals surface area contributed by atoms with Crippen LogP contribution in [0, 0.1) is 0 Å². The number of amides is 1. The van der Waals surface area contributed by atoms with E-state index in [-0.39, 0.29) is 28.2 Å². The topological polar surface area (TPSA) is 102 Å². The molecule has 31 heavy (non-hydrogen) atoms. The Labute approximate surface area is 182 Å². The number of carbonyl (C=O) groups is 2. The minimum atomic E-state index is -3.91. The van der Waals surface area contributed by atoms with Gasteiger partial charge in [0.05, 0.1) is 12.7 Å². The number of hydrogen-bond acceptors (Lipinski definition) is 6. The summed E-state index contributed by atoms with van der Waals surface area (Å²) in [4.78, 5) is 26.9. The second-order valence-electron chi connectivity index (χ2n) is 7.56. The van der Waals surface area contributed by atoms with Crippen LogP contribution in [-0.2, 0) is 26.0 Å². The predicted molar refractivity (Wildman–Crippen MR) is 116 cm³/mol. The highest BCUT2D eigenvalue weighted by molar-refractivity contribution is 7.89. The quantitative estimate of drug-likeness (QED) is 0.656. The molecular formula is C22H26N2O6S. The van der Waals surface area contributed by atoms with Gasteiger partial charge >= 0.3 is 5.97 Å². The van der Waals surface area contributed by atoms with Crippen molar-refractivity contribution in [2.45, 2.75) is 44.2 Å². The molecule has 2 aromatic rings. The number of esters is 1. The Morgan fingerprint density at radius 2 is 1.81 bits per heavy atom. The number of hydrogen-bond donors (Lipinski definition) is 1. The molecule has 1 heterocycles. The van der Waals surface area contributed by atoms with Gasteiger partial charge in [0.1, 0.15) is 10.6 Å². The van der Waals surface area contributed by atoms with Gasteiger partial charge in [0, 0.05) is 18.3 Å². The van der Waals surface area contributed by atoms with Crippen molar-refractivity contribution in [2.75, 3.05) is 18.6 Å². The summed E-state index contributed by atoms with van der Waals surface area (Å²) >= 11 is 0. The Morgan fingerprint density at radius 3 is 2.48 bits per heavy atom. The number of nitrogens with zero attached hydrogens (tertiary/aromatic N) is 1. The first-order valence-corrected chi connectivity index (χ1v) is 11.4. The summed E-state index contributed by atoms with van der Waals surface area (Å²) in [5, 5.41) is 0. The van der Waals surface area contributed by atoms with Crippen LogP contribution in [0.15, 0.2) is 47.4 Å². The summed E-state index contributed by atoms with van der Waals surface area (Å²) in [5.41, 5.74) is 1.89. The molecule has 1 N–H and O–H groups in total. The van der Waals surface area contributed by atoms with Crippen LogP contribution in [0.25, 0.3) is 0 Å². The third-order valence-electron chi connectivity index (χ3n) is 4.86. The van der Waals surface area contributed by atoms with Crippen LogP contribution in [-0.4, -0.2) is 46.1 Å². The molecule has 0 aliphatic carbocycles. The van der Waals surface area contributed by atoms with Crippen molar-refractivity contribution in [3.05, 3.63) is 53.6 Å². The molecule has 0 fully saturated rings. The van der Waals surface area contributed by atoms with Crippen molar-refractivity contribution < 1.29 is 27.5 Å². The normalized spacial score (nSPS) is 14.3. The van der Waals surface area contributed by atoms with Gasteiger partial charge in [0.25, 0.3) is 5.91 Å². The van der Waals surface area contributed by atoms with E-state index in [1.165, 1.54) is 32.2 Å². The fourth-order valence-corrected chi connectivity index (χ4v) is 4.90. The van der Waals surface area contributed by atoms with Gasteiger partial charge in [-0.05, 0) is 57.0 Å². The number of nitrogens with one attached hydrogen (secondary N) is 1. The average molecular weight is 447 g/mol. The maximum atomic E-state index is 12.8. The molecule has 0 saturated heterocycles. The molecule has 1 aliphatic heterocycles. The zero-order valence-corrected chi connectivity index (χ0v) is 18.7. The van der Waals surface area contributed by atoms with E-state index in [0.29, 0.717) is 6.54 Å². The molecule has 0 bridgehead atoms. The second kappa shape index (κ2) is 9.07. The summed E-state index contributed by atoms with van der Waals surface area (Å²) in [7, 11) is -2.56. The molecule has 0 radical (unpaired) electrons. The molecule has 166 valence electrons. The largest absolute Gasteiger partial charge is 0.495 e. The van der Waals surface area contributed by atoms with Gasteiger partial charge in [-0.15, -0.1) is 0 Å². The first kappa shape index (κ1) is 22.8. The Hall–Kier alpha value is -2.91. The fourth-order valence-electron chi connectivity index (χ4n) is 3.45. The van der Waals surface area contributed by atoms with Gasteiger partial charge in [-0.25, -0.2) is 17.9 Å². The summed E-state index contributed by atoms with van der Waals surface area (Å²) in [5.74, 6) is -1.03. The standard InChI is InChI=1S/C22H26N2O6S/c1-14(2)23-31(27,28)20-13-17(9-10-19(20)29-4)22(26)30-15(3)21(25)24-12-11-16-7-5-6-8-18(16)24/h5-10,13-15,23H,11-12H2,1-4H3. The number of ether oxygens (including phenoxy) is 2. The molecule has 1 atom stereocenters. The number of carbonyl (C=O) groups excluding carboxylic acids is 2. The zero-order chi connectivity index (χ0) is 22.8. The van der Waals surface area contributed by atoms with Gasteiger partial charge in [-0.1, -0.05) is 18.2 Å². The third kappa shape index (κ3) is 4.88. The number of para-hydroxylation sites is 1. The molecule has 8 nitrogen and oxygen atoms in total. The lowest BCUT2D eigenvalue weighted by molar-refractivity contribution is -0.126. The molecule has 0 saturated carbocycles. The van der Waals surface area contributed by atoms with E-state index in [9.17, 15) is 18.0 Å². The van der Waals surface area contributed by atoms with Crippen molar-refractivity contribution in [2.24, 2.45) is 0 Å². The molecule has 0 spiro atoms. The number of methoxy groups -OCH3 is 1. The molecule has 9 heteroatoms. The Morgan fingerprint density at radius 1 is 1.10 bits per heavy atom. The van der Waals surface area contributed by atoms with Crippen LogP contribution in [0.4, 0.5) is 5.69 Å². The highest BCUT2D eigenvalue weighted by Gasteiger charge is 2.30. The molecule has 0 aromatic heterocycles. The first-order valence-electron chi connectivity index (χ1n) is 9.94. The van der Waals surface area contributed by atoms with Crippen LogP contribution in [0.5, 0.6) is 5.75 Å². The van der Waals surface area contributed by atoms with Crippen molar-refractivity contribution in [1.29, 1.82) is 0 Å². The summed E-state index contributed by atoms with van der Waals surface area (Å²) < 4.78 is 38.2. The monoisotopic (exact) mass is 446 g/mol. The Bertz CT molecular complexity index is 1100. The zero-order valence-electron chi connectivity index (χ0n) is 17.9. The summed E-state index contributed by atoms with van der Waals surface area (Å²) in [6, 6.07) is 11.2. The second-order valence-corrected chi connectivity index (χ2v) is 9.24. The van der Waals surface area contributed by atoms with E-state index in [1.54, 1.807) is 18.7 Å². The van der Waals surface area contributed by atoms with E-state index < -0.39 is 22.1 Å². The number of rotatable bonds is 7. The maximum Gasteiger partial charge on any atom is 0.338 e. The fraction of sp³-hybridized carbons (Fsp3) is 0.364. The van der Waals surface area contributed by atoms with Crippen LogP contribution in [0.3, 0.4) is 0 Å². The highest BCUT2D eigenvalue weighted by atomic mass is 32.2. The van der Waals surface area contributed by atoms with Gasteiger partial charge in [-0.3, -0.25) is 4.79 Å². The van der Waals surface area contributed by atoms with Crippen LogP contribution in [0.1, 0.15) is 36.7 Å². The van der Waals surface area contributed by atoms with E-state index in [0.717, 1.165) is 17.7 Å². The van der Waals surface area contributed by atoms with Gasteiger partial charge < -0.3 is 14.4 Å². The van der Waals surface area contributed by atoms with Gasteiger partial charge in [0.15, 0.2) is 6.10 Å². The summed E-state index contributed by atoms with van der Waals surface area (Å²) in [6.45, 7) is 5.40. The van der Waals surface area contributed by atoms with Crippen molar-refractivity contribution in [3.63, 3.8) is 0 Å². The van der Waals surface area contributed by atoms with Crippen molar-refractivity contribution in [3.8, 4) is 5.75 Å². The first-order chi connectivity index (χ1) is 14.6. The number of anilines is 1. The molecule has 1 amide bonds. The SMILES string of the molecule is COc1ccc(C(=O)OC(C)C(=O)N2CCc3ccccc32)cc1S(=O)(=O)NC(C)C. The van der Waals surface area contributed by atoms with Crippen LogP contribution in [0.2, 0.25) is 0 Å². The summed E-state index contributed by atoms with van der Waals surface area (Å²) in [6.07, 6.45) is -0.292. The lowest BCUT2D eigenvalue weighted by Crippen LogP contribution is -2.39. The average Bonchev–Trinajstić information content (AvgIpc) is 3.15. The third-order valence-corrected chi connectivity index (χ3v) is 6.54. The predicted octanol–water partition coefficient (Wildman–Crippen LogP) is 2.52. The van der Waals surface area contributed by atoms with Crippen molar-refractivity contribution >= 4 is 27.6 Å². The molecule has 2 aromatic carbocycles. The molecule has 1 aliphatic rings. The maximum absolute atomic E-state index is 12.8. The van der Waals surface area contributed by atoms with E-state index in [4.69, 9.17) is 9.47 Å². The number of benzene rings is 2. The Balaban J connectivity index is 1.79. The lowest BCUT2D eigenvalue weighted by Gasteiger charge is -2.22.